The van der Waals surface area contributed by atoms with Crippen LogP contribution in [0.4, 0.5) is 0 Å². The van der Waals surface area contributed by atoms with Crippen molar-refractivity contribution < 1.29 is 4.74 Å². The zero-order valence-corrected chi connectivity index (χ0v) is 13.4. The normalized spacial score (nSPS) is 10.6. The molecule has 1 aromatic heterocycles. The first kappa shape index (κ1) is 15.0. The molecule has 0 aliphatic rings. The molecule has 0 unspecified atom stereocenters. The average Bonchev–Trinajstić information content (AvgIpc) is 2.45. The van der Waals surface area contributed by atoms with E-state index in [0.717, 1.165) is 34.4 Å². The van der Waals surface area contributed by atoms with Crippen molar-refractivity contribution in [2.24, 2.45) is 0 Å². The van der Waals surface area contributed by atoms with Gasteiger partial charge in [0, 0.05) is 29.0 Å². The lowest BCUT2D eigenvalue weighted by Crippen LogP contribution is -2.13. The number of ether oxygens (including phenoxy) is 1. The van der Waals surface area contributed by atoms with Gasteiger partial charge in [0.15, 0.2) is 0 Å². The molecule has 20 heavy (non-hydrogen) atoms. The van der Waals surface area contributed by atoms with Crippen molar-refractivity contribution >= 4 is 15.9 Å². The van der Waals surface area contributed by atoms with Gasteiger partial charge in [-0.2, -0.15) is 0 Å². The van der Waals surface area contributed by atoms with E-state index < -0.39 is 0 Å². The van der Waals surface area contributed by atoms with Gasteiger partial charge in [-0.05, 0) is 48.9 Å². The number of hydrogen-bond donors (Lipinski definition) is 1. The maximum atomic E-state index is 6.02. The van der Waals surface area contributed by atoms with Crippen molar-refractivity contribution in [2.75, 3.05) is 6.54 Å². The minimum atomic E-state index is 0.560. The lowest BCUT2D eigenvalue weighted by atomic mass is 10.1. The largest absolute Gasteiger partial charge is 0.488 e. The molecule has 0 fully saturated rings. The van der Waals surface area contributed by atoms with Gasteiger partial charge < -0.3 is 10.1 Å². The van der Waals surface area contributed by atoms with E-state index in [1.165, 1.54) is 5.56 Å². The van der Waals surface area contributed by atoms with Gasteiger partial charge in [0.25, 0.3) is 0 Å². The van der Waals surface area contributed by atoms with Crippen molar-refractivity contribution in [2.45, 2.75) is 27.0 Å². The van der Waals surface area contributed by atoms with Crippen LogP contribution in [-0.4, -0.2) is 11.5 Å². The fourth-order valence-electron chi connectivity index (χ4n) is 2.03. The van der Waals surface area contributed by atoms with Gasteiger partial charge in [-0.1, -0.05) is 22.9 Å². The van der Waals surface area contributed by atoms with Gasteiger partial charge in [0.2, 0.25) is 0 Å². The summed E-state index contributed by atoms with van der Waals surface area (Å²) in [4.78, 5) is 4.02. The number of halogens is 1. The summed E-state index contributed by atoms with van der Waals surface area (Å²) in [7, 11) is 0. The molecular weight excluding hydrogens is 316 g/mol. The van der Waals surface area contributed by atoms with Crippen LogP contribution in [0.3, 0.4) is 0 Å². The molecule has 1 N–H and O–H groups in total. The van der Waals surface area contributed by atoms with Crippen LogP contribution in [-0.2, 0) is 13.2 Å². The molecule has 0 aliphatic heterocycles. The van der Waals surface area contributed by atoms with Crippen LogP contribution in [0.15, 0.2) is 41.1 Å². The van der Waals surface area contributed by atoms with E-state index in [1.54, 1.807) is 12.4 Å². The first-order chi connectivity index (χ1) is 9.70. The van der Waals surface area contributed by atoms with Crippen LogP contribution in [0.1, 0.15) is 23.6 Å². The number of rotatable bonds is 6. The number of nitrogens with zero attached hydrogens (tertiary/aromatic N) is 1. The Morgan fingerprint density at radius 1 is 1.25 bits per heavy atom. The fraction of sp³-hybridized carbons (Fsp3) is 0.312. The molecule has 1 heterocycles. The van der Waals surface area contributed by atoms with Crippen LogP contribution >= 0.6 is 15.9 Å². The minimum absolute atomic E-state index is 0.560. The van der Waals surface area contributed by atoms with E-state index >= 15 is 0 Å². The molecule has 3 nitrogen and oxygen atoms in total. The van der Waals surface area contributed by atoms with Crippen molar-refractivity contribution in [3.63, 3.8) is 0 Å². The molecule has 0 amide bonds. The number of pyridine rings is 1. The molecule has 0 spiro atoms. The van der Waals surface area contributed by atoms with Crippen LogP contribution in [0, 0.1) is 6.92 Å². The maximum Gasteiger partial charge on any atom is 0.127 e. The smallest absolute Gasteiger partial charge is 0.127 e. The second kappa shape index (κ2) is 7.41. The Morgan fingerprint density at radius 3 is 2.70 bits per heavy atom. The molecule has 0 radical (unpaired) electrons. The molecule has 2 aromatic rings. The maximum absolute atomic E-state index is 6.02. The molecule has 106 valence electrons. The highest BCUT2D eigenvalue weighted by molar-refractivity contribution is 9.10. The van der Waals surface area contributed by atoms with Gasteiger partial charge in [0.05, 0.1) is 0 Å². The Hall–Kier alpha value is -1.39. The number of aromatic nitrogens is 1. The van der Waals surface area contributed by atoms with Gasteiger partial charge >= 0.3 is 0 Å². The average molecular weight is 335 g/mol. The zero-order chi connectivity index (χ0) is 14.4. The Balaban J connectivity index is 2.16. The summed E-state index contributed by atoms with van der Waals surface area (Å²) in [5.41, 5.74) is 3.44. The lowest BCUT2D eigenvalue weighted by Gasteiger charge is -2.15. The number of aryl methyl sites for hydroxylation is 1. The third-order valence-electron chi connectivity index (χ3n) is 3.01. The number of hydrogen-bond acceptors (Lipinski definition) is 3. The lowest BCUT2D eigenvalue weighted by molar-refractivity contribution is 0.300. The SMILES string of the molecule is CCNCc1cc(Br)cc(C)c1OCc1ccncc1. The minimum Gasteiger partial charge on any atom is -0.488 e. The summed E-state index contributed by atoms with van der Waals surface area (Å²) >= 11 is 3.54. The molecule has 4 heteroatoms. The molecular formula is C16H19BrN2O. The first-order valence-electron chi connectivity index (χ1n) is 6.72. The highest BCUT2D eigenvalue weighted by Crippen LogP contribution is 2.28. The van der Waals surface area contributed by atoms with Gasteiger partial charge in [-0.25, -0.2) is 0 Å². The first-order valence-corrected chi connectivity index (χ1v) is 7.51. The molecule has 0 atom stereocenters. The second-order valence-electron chi connectivity index (χ2n) is 4.64. The van der Waals surface area contributed by atoms with Crippen LogP contribution in [0.5, 0.6) is 5.75 Å². The number of nitrogens with one attached hydrogen (secondary N) is 1. The van der Waals surface area contributed by atoms with Crippen LogP contribution in [0.2, 0.25) is 0 Å². The molecule has 1 aromatic carbocycles. The van der Waals surface area contributed by atoms with E-state index in [-0.39, 0.29) is 0 Å². The highest BCUT2D eigenvalue weighted by atomic mass is 79.9. The zero-order valence-electron chi connectivity index (χ0n) is 11.8. The summed E-state index contributed by atoms with van der Waals surface area (Å²) in [5.74, 6) is 0.964. The van der Waals surface area contributed by atoms with E-state index in [0.29, 0.717) is 6.61 Å². The van der Waals surface area contributed by atoms with Crippen molar-refractivity contribution in [1.29, 1.82) is 0 Å². The van der Waals surface area contributed by atoms with Crippen LogP contribution in [0.25, 0.3) is 0 Å². The summed E-state index contributed by atoms with van der Waals surface area (Å²) in [6.45, 7) is 6.48. The monoisotopic (exact) mass is 334 g/mol. The molecule has 0 saturated carbocycles. The Morgan fingerprint density at radius 2 is 2.00 bits per heavy atom. The van der Waals surface area contributed by atoms with Gasteiger partial charge in [0.1, 0.15) is 12.4 Å². The van der Waals surface area contributed by atoms with Crippen LogP contribution < -0.4 is 10.1 Å². The van der Waals surface area contributed by atoms with Crippen molar-refractivity contribution in [3.8, 4) is 5.75 Å². The van der Waals surface area contributed by atoms with Gasteiger partial charge in [-0.15, -0.1) is 0 Å². The number of benzene rings is 1. The third-order valence-corrected chi connectivity index (χ3v) is 3.47. The van der Waals surface area contributed by atoms with E-state index in [2.05, 4.69) is 52.2 Å². The van der Waals surface area contributed by atoms with E-state index in [9.17, 15) is 0 Å². The molecule has 0 bridgehead atoms. The summed E-state index contributed by atoms with van der Waals surface area (Å²) in [5, 5.41) is 3.35. The Kier molecular flexibility index (Phi) is 5.56. The standard InChI is InChI=1S/C16H19BrN2O/c1-3-18-10-14-9-15(17)8-12(2)16(14)20-11-13-4-6-19-7-5-13/h4-9,18H,3,10-11H2,1-2H3. The van der Waals surface area contributed by atoms with E-state index in [4.69, 9.17) is 4.74 Å². The summed E-state index contributed by atoms with van der Waals surface area (Å²) in [6.07, 6.45) is 3.57. The molecule has 0 aliphatic carbocycles. The summed E-state index contributed by atoms with van der Waals surface area (Å²) in [6, 6.07) is 8.13. The van der Waals surface area contributed by atoms with E-state index in [1.807, 2.05) is 12.1 Å². The molecule has 0 saturated heterocycles. The predicted octanol–water partition coefficient (Wildman–Crippen LogP) is 3.84. The third kappa shape index (κ3) is 4.05. The second-order valence-corrected chi connectivity index (χ2v) is 5.55. The van der Waals surface area contributed by atoms with Gasteiger partial charge in [-0.3, -0.25) is 4.98 Å². The van der Waals surface area contributed by atoms with Crippen molar-refractivity contribution in [1.82, 2.24) is 10.3 Å². The summed E-state index contributed by atoms with van der Waals surface area (Å²) < 4.78 is 7.10. The molecule has 2 rings (SSSR count). The topological polar surface area (TPSA) is 34.1 Å². The quantitative estimate of drug-likeness (QED) is 0.871. The highest BCUT2D eigenvalue weighted by Gasteiger charge is 2.09. The Bertz CT molecular complexity index is 558. The Labute approximate surface area is 128 Å². The van der Waals surface area contributed by atoms with Crippen molar-refractivity contribution in [3.05, 3.63) is 57.8 Å². The fourth-order valence-corrected chi connectivity index (χ4v) is 2.65. The predicted molar refractivity (Wildman–Crippen MR) is 84.8 cm³/mol.